The van der Waals surface area contributed by atoms with Crippen LogP contribution in [0, 0.1) is 0 Å². The van der Waals surface area contributed by atoms with Crippen LogP contribution in [0.25, 0.3) is 10.9 Å². The van der Waals surface area contributed by atoms with Crippen LogP contribution in [0.15, 0.2) is 36.4 Å². The van der Waals surface area contributed by atoms with E-state index in [4.69, 9.17) is 0 Å². The van der Waals surface area contributed by atoms with Gasteiger partial charge in [-0.15, -0.1) is 0 Å². The second-order valence-electron chi connectivity index (χ2n) is 4.01. The normalized spacial score (nSPS) is 11.5. The van der Waals surface area contributed by atoms with Crippen molar-refractivity contribution in [3.63, 3.8) is 0 Å². The SMILES string of the molecule is O=C(NCCC(F)(F)F)c1ccc2ccccc2n1. The van der Waals surface area contributed by atoms with E-state index in [-0.39, 0.29) is 5.69 Å². The van der Waals surface area contributed by atoms with E-state index in [0.717, 1.165) is 5.39 Å². The first-order chi connectivity index (χ1) is 8.96. The molecule has 0 unspecified atom stereocenters. The van der Waals surface area contributed by atoms with E-state index in [1.54, 1.807) is 18.2 Å². The minimum absolute atomic E-state index is 0.112. The van der Waals surface area contributed by atoms with Gasteiger partial charge in [0.15, 0.2) is 0 Å². The van der Waals surface area contributed by atoms with Crippen LogP contribution in [0.4, 0.5) is 13.2 Å². The second-order valence-corrected chi connectivity index (χ2v) is 4.01. The van der Waals surface area contributed by atoms with Crippen LogP contribution < -0.4 is 5.32 Å². The minimum Gasteiger partial charge on any atom is -0.350 e. The number of benzene rings is 1. The van der Waals surface area contributed by atoms with Crippen molar-refractivity contribution in [2.24, 2.45) is 0 Å². The molecule has 0 aliphatic rings. The molecule has 0 saturated heterocycles. The molecule has 2 rings (SSSR count). The Hall–Kier alpha value is -2.11. The van der Waals surface area contributed by atoms with Gasteiger partial charge < -0.3 is 5.32 Å². The first-order valence-electron chi connectivity index (χ1n) is 5.66. The van der Waals surface area contributed by atoms with Crippen LogP contribution in [-0.2, 0) is 0 Å². The molecule has 1 heterocycles. The third kappa shape index (κ3) is 3.67. The second kappa shape index (κ2) is 5.26. The molecular weight excluding hydrogens is 257 g/mol. The Morgan fingerprint density at radius 3 is 2.63 bits per heavy atom. The number of nitrogens with one attached hydrogen (secondary N) is 1. The molecule has 0 radical (unpaired) electrons. The molecule has 1 N–H and O–H groups in total. The Labute approximate surface area is 107 Å². The van der Waals surface area contributed by atoms with Crippen LogP contribution in [0.5, 0.6) is 0 Å². The van der Waals surface area contributed by atoms with Crippen molar-refractivity contribution in [1.29, 1.82) is 0 Å². The van der Waals surface area contributed by atoms with Crippen LogP contribution >= 0.6 is 0 Å². The summed E-state index contributed by atoms with van der Waals surface area (Å²) in [6, 6.07) is 10.4. The first kappa shape index (κ1) is 13.3. The number of para-hydroxylation sites is 1. The van der Waals surface area contributed by atoms with Crippen molar-refractivity contribution in [3.05, 3.63) is 42.1 Å². The fraction of sp³-hybridized carbons (Fsp3) is 0.231. The summed E-state index contributed by atoms with van der Waals surface area (Å²) >= 11 is 0. The number of carbonyl (C=O) groups is 1. The van der Waals surface area contributed by atoms with Crippen molar-refractivity contribution < 1.29 is 18.0 Å². The summed E-state index contributed by atoms with van der Waals surface area (Å²) in [6.45, 7) is -0.448. The van der Waals surface area contributed by atoms with E-state index in [2.05, 4.69) is 10.3 Å². The Morgan fingerprint density at radius 1 is 1.16 bits per heavy atom. The Balaban J connectivity index is 2.05. The summed E-state index contributed by atoms with van der Waals surface area (Å²) in [6.07, 6.45) is -5.32. The maximum absolute atomic E-state index is 11.9. The van der Waals surface area contributed by atoms with E-state index in [9.17, 15) is 18.0 Å². The standard InChI is InChI=1S/C13H11F3N2O/c14-13(15,16)7-8-17-12(19)11-6-5-9-3-1-2-4-10(9)18-11/h1-6H,7-8H2,(H,17,19). The van der Waals surface area contributed by atoms with Gasteiger partial charge in [0.25, 0.3) is 5.91 Å². The lowest BCUT2D eigenvalue weighted by atomic mass is 10.2. The third-order valence-electron chi connectivity index (χ3n) is 2.53. The lowest BCUT2D eigenvalue weighted by Crippen LogP contribution is -2.28. The number of alkyl halides is 3. The summed E-state index contributed by atoms with van der Waals surface area (Å²) in [5, 5.41) is 3.07. The van der Waals surface area contributed by atoms with E-state index in [1.165, 1.54) is 6.07 Å². The zero-order chi connectivity index (χ0) is 13.9. The fourth-order valence-corrected chi connectivity index (χ4v) is 1.60. The molecule has 6 heteroatoms. The third-order valence-corrected chi connectivity index (χ3v) is 2.53. The van der Waals surface area contributed by atoms with E-state index in [1.807, 2.05) is 12.1 Å². The number of carbonyl (C=O) groups excluding carboxylic acids is 1. The number of rotatable bonds is 3. The molecule has 0 saturated carbocycles. The zero-order valence-electron chi connectivity index (χ0n) is 9.87. The molecule has 3 nitrogen and oxygen atoms in total. The summed E-state index contributed by atoms with van der Waals surface area (Å²) < 4.78 is 35.8. The number of aromatic nitrogens is 1. The summed E-state index contributed by atoms with van der Waals surface area (Å²) in [7, 11) is 0. The Bertz CT molecular complexity index is 596. The number of pyridine rings is 1. The zero-order valence-corrected chi connectivity index (χ0v) is 9.87. The minimum atomic E-state index is -4.27. The number of hydrogen-bond acceptors (Lipinski definition) is 2. The number of nitrogens with zero attached hydrogens (tertiary/aromatic N) is 1. The van der Waals surface area contributed by atoms with Crippen LogP contribution in [-0.4, -0.2) is 23.6 Å². The average molecular weight is 268 g/mol. The highest BCUT2D eigenvalue weighted by Gasteiger charge is 2.26. The molecule has 0 atom stereocenters. The lowest BCUT2D eigenvalue weighted by molar-refractivity contribution is -0.132. The van der Waals surface area contributed by atoms with Gasteiger partial charge in [-0.25, -0.2) is 4.98 Å². The molecule has 0 aliphatic carbocycles. The molecule has 100 valence electrons. The predicted octanol–water partition coefficient (Wildman–Crippen LogP) is 2.92. The van der Waals surface area contributed by atoms with Crippen molar-refractivity contribution in [1.82, 2.24) is 10.3 Å². The lowest BCUT2D eigenvalue weighted by Gasteiger charge is -2.07. The number of amides is 1. The van der Waals surface area contributed by atoms with Gasteiger partial charge in [-0.05, 0) is 12.1 Å². The molecule has 2 aromatic rings. The summed E-state index contributed by atoms with van der Waals surface area (Å²) in [5.74, 6) is -0.602. The molecule has 0 bridgehead atoms. The van der Waals surface area contributed by atoms with Gasteiger partial charge in [0.05, 0.1) is 11.9 Å². The molecule has 19 heavy (non-hydrogen) atoms. The average Bonchev–Trinajstić information content (AvgIpc) is 2.36. The van der Waals surface area contributed by atoms with Gasteiger partial charge in [-0.2, -0.15) is 13.2 Å². The topological polar surface area (TPSA) is 42.0 Å². The molecule has 0 aliphatic heterocycles. The largest absolute Gasteiger partial charge is 0.390 e. The maximum Gasteiger partial charge on any atom is 0.390 e. The van der Waals surface area contributed by atoms with Crippen LogP contribution in [0.1, 0.15) is 16.9 Å². The Morgan fingerprint density at radius 2 is 1.89 bits per heavy atom. The fourth-order valence-electron chi connectivity index (χ4n) is 1.60. The van der Waals surface area contributed by atoms with Crippen molar-refractivity contribution in [2.75, 3.05) is 6.54 Å². The maximum atomic E-state index is 11.9. The van der Waals surface area contributed by atoms with Crippen molar-refractivity contribution >= 4 is 16.8 Å². The van der Waals surface area contributed by atoms with E-state index in [0.29, 0.717) is 5.52 Å². The van der Waals surface area contributed by atoms with Gasteiger partial charge in [0, 0.05) is 11.9 Å². The Kier molecular flexibility index (Phi) is 3.69. The summed E-state index contributed by atoms with van der Waals surface area (Å²) in [5.41, 5.74) is 0.742. The van der Waals surface area contributed by atoms with Gasteiger partial charge in [0.2, 0.25) is 0 Å². The van der Waals surface area contributed by atoms with E-state index < -0.39 is 25.0 Å². The molecule has 1 aromatic heterocycles. The van der Waals surface area contributed by atoms with Gasteiger partial charge in [-0.1, -0.05) is 24.3 Å². The van der Waals surface area contributed by atoms with Gasteiger partial charge in [-0.3, -0.25) is 4.79 Å². The summed E-state index contributed by atoms with van der Waals surface area (Å²) in [4.78, 5) is 15.7. The molecule has 1 amide bonds. The highest BCUT2D eigenvalue weighted by molar-refractivity contribution is 5.94. The molecule has 0 fully saturated rings. The predicted molar refractivity (Wildman–Crippen MR) is 64.7 cm³/mol. The highest BCUT2D eigenvalue weighted by atomic mass is 19.4. The molecule has 0 spiro atoms. The molecular formula is C13H11F3N2O. The number of fused-ring (bicyclic) bond motifs is 1. The smallest absolute Gasteiger partial charge is 0.350 e. The highest BCUT2D eigenvalue weighted by Crippen LogP contribution is 2.18. The van der Waals surface area contributed by atoms with Gasteiger partial charge in [0.1, 0.15) is 5.69 Å². The van der Waals surface area contributed by atoms with Crippen molar-refractivity contribution in [2.45, 2.75) is 12.6 Å². The van der Waals surface area contributed by atoms with Crippen molar-refractivity contribution in [3.8, 4) is 0 Å². The monoisotopic (exact) mass is 268 g/mol. The van der Waals surface area contributed by atoms with Gasteiger partial charge >= 0.3 is 6.18 Å². The van der Waals surface area contributed by atoms with Crippen LogP contribution in [0.3, 0.4) is 0 Å². The van der Waals surface area contributed by atoms with E-state index >= 15 is 0 Å². The molecule has 1 aromatic carbocycles. The number of halogens is 3. The van der Waals surface area contributed by atoms with Crippen LogP contribution in [0.2, 0.25) is 0 Å². The first-order valence-corrected chi connectivity index (χ1v) is 5.66. The number of hydrogen-bond donors (Lipinski definition) is 1. The quantitative estimate of drug-likeness (QED) is 0.930.